The van der Waals surface area contributed by atoms with E-state index in [1.54, 1.807) is 12.5 Å². The molecule has 0 aromatic heterocycles. The molecule has 0 aliphatic carbocycles. The Balaban J connectivity index is 4.29. The van der Waals surface area contributed by atoms with Gasteiger partial charge in [0, 0.05) is 12.8 Å². The van der Waals surface area contributed by atoms with Gasteiger partial charge >= 0.3 is 0 Å². The summed E-state index contributed by atoms with van der Waals surface area (Å²) in [4.78, 5) is 0. The van der Waals surface area contributed by atoms with Gasteiger partial charge in [-0.15, -0.1) is 0 Å². The van der Waals surface area contributed by atoms with Crippen LogP contribution >= 0.6 is 0 Å². The van der Waals surface area contributed by atoms with Crippen molar-refractivity contribution in [3.05, 3.63) is 24.0 Å². The van der Waals surface area contributed by atoms with Crippen LogP contribution in [-0.4, -0.2) is 13.2 Å². The summed E-state index contributed by atoms with van der Waals surface area (Å²) >= 11 is 0. The van der Waals surface area contributed by atoms with E-state index in [9.17, 15) is 0 Å². The van der Waals surface area contributed by atoms with Crippen LogP contribution in [0.3, 0.4) is 0 Å². The normalized spacial score (nSPS) is 12.3. The van der Waals surface area contributed by atoms with Crippen LogP contribution in [0, 0.1) is 0 Å². The summed E-state index contributed by atoms with van der Waals surface area (Å²) < 4.78 is 16.9. The van der Waals surface area contributed by atoms with Crippen LogP contribution < -0.4 is 0 Å². The highest BCUT2D eigenvalue weighted by Gasteiger charge is 2.01. The largest absolute Gasteiger partial charge is 0.495 e. The van der Waals surface area contributed by atoms with Crippen molar-refractivity contribution in [2.45, 2.75) is 91.9 Å². The Labute approximate surface area is 144 Å². The van der Waals surface area contributed by atoms with E-state index in [0.29, 0.717) is 13.2 Å². The number of unbranched alkanes of at least 4 members (excludes halogenated alkanes) is 6. The zero-order valence-corrected chi connectivity index (χ0v) is 15.9. The maximum Gasteiger partial charge on any atom is 0.131 e. The molecule has 0 atom stereocenters. The van der Waals surface area contributed by atoms with Gasteiger partial charge in [0.25, 0.3) is 0 Å². The van der Waals surface area contributed by atoms with Gasteiger partial charge in [-0.05, 0) is 26.7 Å². The first-order valence-electron chi connectivity index (χ1n) is 9.57. The lowest BCUT2D eigenvalue weighted by Crippen LogP contribution is -1.95. The molecule has 0 N–H and O–H groups in total. The van der Waals surface area contributed by atoms with Gasteiger partial charge in [0.2, 0.25) is 0 Å². The first-order chi connectivity index (χ1) is 11.3. The van der Waals surface area contributed by atoms with Gasteiger partial charge in [-0.3, -0.25) is 0 Å². The molecular formula is C20H38O3. The molecule has 0 spiro atoms. The molecule has 0 saturated carbocycles. The highest BCUT2D eigenvalue weighted by Crippen LogP contribution is 2.14. The van der Waals surface area contributed by atoms with Gasteiger partial charge in [0.05, 0.1) is 13.2 Å². The number of ether oxygens (including phenoxy) is 3. The maximum absolute atomic E-state index is 5.64. The SMILES string of the molecule is CCCCCCC(=COC=C(CCCCCC)OCC)OCC. The quantitative estimate of drug-likeness (QED) is 0.233. The van der Waals surface area contributed by atoms with E-state index in [1.165, 1.54) is 38.5 Å². The van der Waals surface area contributed by atoms with Gasteiger partial charge in [0.15, 0.2) is 0 Å². The van der Waals surface area contributed by atoms with Crippen LogP contribution in [0.25, 0.3) is 0 Å². The van der Waals surface area contributed by atoms with Crippen molar-refractivity contribution in [3.63, 3.8) is 0 Å². The molecule has 0 bridgehead atoms. The molecule has 3 heteroatoms. The Kier molecular flexibility index (Phi) is 16.4. The second-order valence-electron chi connectivity index (χ2n) is 5.79. The van der Waals surface area contributed by atoms with Gasteiger partial charge in [-0.1, -0.05) is 52.4 Å². The fourth-order valence-corrected chi connectivity index (χ4v) is 2.34. The maximum atomic E-state index is 5.64. The minimum absolute atomic E-state index is 0.683. The topological polar surface area (TPSA) is 27.7 Å². The van der Waals surface area contributed by atoms with Gasteiger partial charge < -0.3 is 14.2 Å². The zero-order chi connectivity index (χ0) is 17.2. The molecule has 0 aliphatic rings. The summed E-state index contributed by atoms with van der Waals surface area (Å²) in [6, 6.07) is 0. The summed E-state index contributed by atoms with van der Waals surface area (Å²) in [5.74, 6) is 1.86. The second-order valence-corrected chi connectivity index (χ2v) is 5.79. The molecule has 0 aromatic rings. The van der Waals surface area contributed by atoms with E-state index in [4.69, 9.17) is 14.2 Å². The van der Waals surface area contributed by atoms with E-state index in [0.717, 1.165) is 37.2 Å². The predicted octanol–water partition coefficient (Wildman–Crippen LogP) is 6.70. The minimum Gasteiger partial charge on any atom is -0.495 e. The fraction of sp³-hybridized carbons (Fsp3) is 0.800. The van der Waals surface area contributed by atoms with Crippen LogP contribution in [0.5, 0.6) is 0 Å². The van der Waals surface area contributed by atoms with Crippen LogP contribution in [0.2, 0.25) is 0 Å². The van der Waals surface area contributed by atoms with E-state index in [1.807, 2.05) is 13.8 Å². The van der Waals surface area contributed by atoms with Crippen molar-refractivity contribution in [1.29, 1.82) is 0 Å². The molecule has 0 fully saturated rings. The first-order valence-corrected chi connectivity index (χ1v) is 9.57. The number of allylic oxidation sites excluding steroid dienone is 2. The average Bonchev–Trinajstić information content (AvgIpc) is 2.55. The summed E-state index contributed by atoms with van der Waals surface area (Å²) in [6.07, 6.45) is 15.2. The smallest absolute Gasteiger partial charge is 0.131 e. The molecule has 136 valence electrons. The summed E-state index contributed by atoms with van der Waals surface area (Å²) in [5.41, 5.74) is 0. The molecule has 3 nitrogen and oxygen atoms in total. The third-order valence-electron chi connectivity index (χ3n) is 3.61. The van der Waals surface area contributed by atoms with Crippen molar-refractivity contribution in [2.75, 3.05) is 13.2 Å². The van der Waals surface area contributed by atoms with E-state index in [2.05, 4.69) is 13.8 Å². The molecule has 0 aromatic carbocycles. The van der Waals surface area contributed by atoms with Crippen LogP contribution in [0.1, 0.15) is 91.9 Å². The fourth-order valence-electron chi connectivity index (χ4n) is 2.34. The molecule has 0 unspecified atom stereocenters. The average molecular weight is 327 g/mol. The Morgan fingerprint density at radius 3 is 1.39 bits per heavy atom. The zero-order valence-electron chi connectivity index (χ0n) is 15.9. The van der Waals surface area contributed by atoms with Crippen molar-refractivity contribution in [1.82, 2.24) is 0 Å². The minimum atomic E-state index is 0.683. The molecule has 23 heavy (non-hydrogen) atoms. The lowest BCUT2D eigenvalue weighted by atomic mass is 10.1. The van der Waals surface area contributed by atoms with Crippen molar-refractivity contribution >= 4 is 0 Å². The molecule has 0 amide bonds. The lowest BCUT2D eigenvalue weighted by Gasteiger charge is -2.10. The van der Waals surface area contributed by atoms with Crippen LogP contribution in [0.15, 0.2) is 24.0 Å². The van der Waals surface area contributed by atoms with E-state index >= 15 is 0 Å². The van der Waals surface area contributed by atoms with E-state index in [-0.39, 0.29) is 0 Å². The molecule has 0 rings (SSSR count). The predicted molar refractivity (Wildman–Crippen MR) is 98.0 cm³/mol. The van der Waals surface area contributed by atoms with Gasteiger partial charge in [0.1, 0.15) is 24.0 Å². The highest BCUT2D eigenvalue weighted by molar-refractivity contribution is 4.93. The highest BCUT2D eigenvalue weighted by atomic mass is 16.5. The summed E-state index contributed by atoms with van der Waals surface area (Å²) in [6.45, 7) is 9.83. The molecule has 0 radical (unpaired) electrons. The molecular weight excluding hydrogens is 288 g/mol. The van der Waals surface area contributed by atoms with Gasteiger partial charge in [-0.2, -0.15) is 0 Å². The summed E-state index contributed by atoms with van der Waals surface area (Å²) in [7, 11) is 0. The van der Waals surface area contributed by atoms with Crippen LogP contribution in [-0.2, 0) is 14.2 Å². The number of hydrogen-bond donors (Lipinski definition) is 0. The summed E-state index contributed by atoms with van der Waals surface area (Å²) in [5, 5.41) is 0. The molecule has 0 saturated heterocycles. The van der Waals surface area contributed by atoms with Crippen LogP contribution in [0.4, 0.5) is 0 Å². The Morgan fingerprint density at radius 1 is 0.609 bits per heavy atom. The van der Waals surface area contributed by atoms with Crippen molar-refractivity contribution in [2.24, 2.45) is 0 Å². The number of hydrogen-bond acceptors (Lipinski definition) is 3. The van der Waals surface area contributed by atoms with Gasteiger partial charge in [-0.25, -0.2) is 0 Å². The van der Waals surface area contributed by atoms with Crippen molar-refractivity contribution < 1.29 is 14.2 Å². The standard InChI is InChI=1S/C20H38O3/c1-5-9-11-13-15-19(22-7-3)17-21-18-20(23-8-4)16-14-12-10-6-2/h17-18H,5-16H2,1-4H3. The van der Waals surface area contributed by atoms with Crippen molar-refractivity contribution in [3.8, 4) is 0 Å². The first kappa shape index (κ1) is 21.9. The molecule has 0 heterocycles. The molecule has 0 aliphatic heterocycles. The Bertz CT molecular complexity index is 278. The third-order valence-corrected chi connectivity index (χ3v) is 3.61. The Morgan fingerprint density at radius 2 is 1.04 bits per heavy atom. The number of rotatable bonds is 16. The Hall–Kier alpha value is -1.12. The second kappa shape index (κ2) is 17.2. The lowest BCUT2D eigenvalue weighted by molar-refractivity contribution is 0.185. The van der Waals surface area contributed by atoms with E-state index < -0.39 is 0 Å². The monoisotopic (exact) mass is 326 g/mol. The third kappa shape index (κ3) is 14.2.